The second-order valence-electron chi connectivity index (χ2n) is 5.47. The van der Waals surface area contributed by atoms with E-state index in [4.69, 9.17) is 11.6 Å². The van der Waals surface area contributed by atoms with Crippen LogP contribution in [0.3, 0.4) is 0 Å². The van der Waals surface area contributed by atoms with E-state index in [-0.39, 0.29) is 35.1 Å². The Morgan fingerprint density at radius 3 is 2.39 bits per heavy atom. The second-order valence-corrected chi connectivity index (χ2v) is 5.87. The first kappa shape index (κ1) is 17.5. The van der Waals surface area contributed by atoms with E-state index in [1.54, 1.807) is 13.8 Å². The molecule has 0 aliphatic heterocycles. The zero-order chi connectivity index (χ0) is 17.4. The summed E-state index contributed by atoms with van der Waals surface area (Å²) >= 11 is 5.88. The Hall–Kier alpha value is -1.82. The molecule has 0 fully saturated rings. The molecule has 23 heavy (non-hydrogen) atoms. The molecule has 0 spiro atoms. The molecule has 0 saturated carbocycles. The Labute approximate surface area is 136 Å². The summed E-state index contributed by atoms with van der Waals surface area (Å²) in [7, 11) is 0. The van der Waals surface area contributed by atoms with Crippen LogP contribution in [0.5, 0.6) is 0 Å². The summed E-state index contributed by atoms with van der Waals surface area (Å²) in [5.41, 5.74) is 0.172. The van der Waals surface area contributed by atoms with Crippen LogP contribution in [0.1, 0.15) is 32.3 Å². The number of carbonyl (C=O) groups excluding carboxylic acids is 2. The number of halogens is 4. The highest BCUT2D eigenvalue weighted by molar-refractivity contribution is 6.33. The van der Waals surface area contributed by atoms with Gasteiger partial charge in [0.05, 0.1) is 22.3 Å². The van der Waals surface area contributed by atoms with Gasteiger partial charge in [-0.15, -0.1) is 0 Å². The van der Waals surface area contributed by atoms with Gasteiger partial charge in [0.1, 0.15) is 0 Å². The summed E-state index contributed by atoms with van der Waals surface area (Å²) in [4.78, 5) is 24.1. The highest BCUT2D eigenvalue weighted by Crippen LogP contribution is 2.34. The molecule has 2 rings (SSSR count). The number of ketones is 2. The number of hydrogen-bond donors (Lipinski definition) is 1. The number of anilines is 1. The van der Waals surface area contributed by atoms with Crippen LogP contribution in [-0.4, -0.2) is 17.6 Å². The third-order valence-corrected chi connectivity index (χ3v) is 4.27. The van der Waals surface area contributed by atoms with Crippen LogP contribution in [0, 0.1) is 0 Å². The van der Waals surface area contributed by atoms with Crippen molar-refractivity contribution in [3.8, 4) is 0 Å². The van der Waals surface area contributed by atoms with E-state index in [9.17, 15) is 22.8 Å². The van der Waals surface area contributed by atoms with Crippen molar-refractivity contribution in [1.82, 2.24) is 0 Å². The topological polar surface area (TPSA) is 46.2 Å². The molecule has 1 aliphatic rings. The number of nitrogens with one attached hydrogen (secondary N) is 1. The van der Waals surface area contributed by atoms with E-state index in [1.165, 1.54) is 6.07 Å². The Morgan fingerprint density at radius 2 is 1.83 bits per heavy atom. The Morgan fingerprint density at radius 1 is 1.17 bits per heavy atom. The molecule has 0 aromatic heterocycles. The standard InChI is InChI=1S/C16H15ClF3NO2/c1-8-9(2)15(23)13(5-6-14(8)22)21-12-4-3-10(7-11(12)17)16(18,19)20/h3-4,7,13,21H,5-6H2,1-2H3. The van der Waals surface area contributed by atoms with E-state index in [0.717, 1.165) is 12.1 Å². The molecule has 3 nitrogen and oxygen atoms in total. The highest BCUT2D eigenvalue weighted by Gasteiger charge is 2.32. The number of rotatable bonds is 2. The van der Waals surface area contributed by atoms with E-state index >= 15 is 0 Å². The van der Waals surface area contributed by atoms with Crippen molar-refractivity contribution in [2.24, 2.45) is 0 Å². The van der Waals surface area contributed by atoms with E-state index in [1.807, 2.05) is 0 Å². The van der Waals surface area contributed by atoms with E-state index in [2.05, 4.69) is 5.32 Å². The Kier molecular flexibility index (Phi) is 4.84. The molecule has 124 valence electrons. The van der Waals surface area contributed by atoms with Gasteiger partial charge in [-0.05, 0) is 44.0 Å². The fourth-order valence-electron chi connectivity index (χ4n) is 2.38. The van der Waals surface area contributed by atoms with Gasteiger partial charge in [0.2, 0.25) is 0 Å². The number of carbonyl (C=O) groups is 2. The normalized spacial score (nSPS) is 19.8. The van der Waals surface area contributed by atoms with Gasteiger partial charge in [-0.1, -0.05) is 11.6 Å². The smallest absolute Gasteiger partial charge is 0.374 e. The molecule has 0 heterocycles. The lowest BCUT2D eigenvalue weighted by Gasteiger charge is -2.19. The van der Waals surface area contributed by atoms with Gasteiger partial charge < -0.3 is 5.32 Å². The van der Waals surface area contributed by atoms with Crippen molar-refractivity contribution >= 4 is 28.9 Å². The third kappa shape index (κ3) is 3.75. The predicted octanol–water partition coefficient (Wildman–Crippen LogP) is 4.41. The van der Waals surface area contributed by atoms with Gasteiger partial charge >= 0.3 is 6.18 Å². The second kappa shape index (κ2) is 6.35. The van der Waals surface area contributed by atoms with Gasteiger partial charge in [-0.25, -0.2) is 0 Å². The quantitative estimate of drug-likeness (QED) is 0.863. The van der Waals surface area contributed by atoms with Gasteiger partial charge in [-0.2, -0.15) is 13.2 Å². The lowest BCUT2D eigenvalue weighted by atomic mass is 10.0. The molecule has 1 aromatic rings. The lowest BCUT2D eigenvalue weighted by molar-refractivity contribution is -0.137. The third-order valence-electron chi connectivity index (χ3n) is 3.95. The molecule has 1 aromatic carbocycles. The van der Waals surface area contributed by atoms with Gasteiger partial charge in [-0.3, -0.25) is 9.59 Å². The maximum atomic E-state index is 12.6. The fourth-order valence-corrected chi connectivity index (χ4v) is 2.62. The summed E-state index contributed by atoms with van der Waals surface area (Å²) < 4.78 is 37.9. The maximum absolute atomic E-state index is 12.6. The summed E-state index contributed by atoms with van der Waals surface area (Å²) in [5, 5.41) is 2.73. The minimum absolute atomic E-state index is 0.0985. The summed E-state index contributed by atoms with van der Waals surface area (Å²) in [5.74, 6) is -0.344. The first-order valence-electron chi connectivity index (χ1n) is 6.99. The predicted molar refractivity (Wildman–Crippen MR) is 81.5 cm³/mol. The number of Topliss-reactive ketones (excluding diaryl/α,β-unsaturated/α-hetero) is 2. The number of hydrogen-bond acceptors (Lipinski definition) is 3. The van der Waals surface area contributed by atoms with Crippen LogP contribution in [0.15, 0.2) is 29.3 Å². The van der Waals surface area contributed by atoms with Crippen LogP contribution >= 0.6 is 11.6 Å². The highest BCUT2D eigenvalue weighted by atomic mass is 35.5. The lowest BCUT2D eigenvalue weighted by Crippen LogP contribution is -2.29. The molecule has 0 bridgehead atoms. The summed E-state index contributed by atoms with van der Waals surface area (Å²) in [6.45, 7) is 3.17. The van der Waals surface area contributed by atoms with Crippen LogP contribution in [-0.2, 0) is 15.8 Å². The van der Waals surface area contributed by atoms with Crippen molar-refractivity contribution in [1.29, 1.82) is 0 Å². The van der Waals surface area contributed by atoms with Gasteiger partial charge in [0, 0.05) is 12.0 Å². The molecule has 0 amide bonds. The molecule has 0 radical (unpaired) electrons. The molecule has 1 atom stereocenters. The molecule has 1 N–H and O–H groups in total. The first-order chi connectivity index (χ1) is 10.6. The van der Waals surface area contributed by atoms with Gasteiger partial charge in [0.15, 0.2) is 11.6 Å². The molecule has 0 saturated heterocycles. The minimum Gasteiger partial charge on any atom is -0.374 e. The fraction of sp³-hybridized carbons (Fsp3) is 0.375. The van der Waals surface area contributed by atoms with Crippen LogP contribution in [0.2, 0.25) is 5.02 Å². The number of allylic oxidation sites excluding steroid dienone is 1. The largest absolute Gasteiger partial charge is 0.416 e. The summed E-state index contributed by atoms with van der Waals surface area (Å²) in [6, 6.07) is 2.21. The zero-order valence-electron chi connectivity index (χ0n) is 12.6. The molecule has 7 heteroatoms. The van der Waals surface area contributed by atoms with Crippen LogP contribution < -0.4 is 5.32 Å². The SMILES string of the molecule is CC1=C(C)C(=O)C(Nc2ccc(C(F)(F)F)cc2Cl)CCC1=O. The number of benzene rings is 1. The van der Waals surface area contributed by atoms with Crippen molar-refractivity contribution in [3.05, 3.63) is 39.9 Å². The van der Waals surface area contributed by atoms with Crippen molar-refractivity contribution in [2.75, 3.05) is 5.32 Å². The van der Waals surface area contributed by atoms with E-state index < -0.39 is 17.8 Å². The average Bonchev–Trinajstić information content (AvgIpc) is 2.56. The summed E-state index contributed by atoms with van der Waals surface area (Å²) in [6.07, 6.45) is -4.02. The minimum atomic E-state index is -4.48. The number of alkyl halides is 3. The molecular formula is C16H15ClF3NO2. The monoisotopic (exact) mass is 345 g/mol. The molecular weight excluding hydrogens is 331 g/mol. The van der Waals surface area contributed by atoms with Crippen molar-refractivity contribution < 1.29 is 22.8 Å². The van der Waals surface area contributed by atoms with Crippen molar-refractivity contribution in [2.45, 2.75) is 38.9 Å². The molecule has 1 unspecified atom stereocenters. The van der Waals surface area contributed by atoms with Crippen molar-refractivity contribution in [3.63, 3.8) is 0 Å². The Balaban J connectivity index is 2.26. The van der Waals surface area contributed by atoms with Gasteiger partial charge in [0.25, 0.3) is 0 Å². The molecule has 1 aliphatic carbocycles. The van der Waals surface area contributed by atoms with Crippen LogP contribution in [0.25, 0.3) is 0 Å². The first-order valence-corrected chi connectivity index (χ1v) is 7.37. The van der Waals surface area contributed by atoms with E-state index in [0.29, 0.717) is 11.1 Å². The Bertz CT molecular complexity index is 695. The van der Waals surface area contributed by atoms with Crippen LogP contribution in [0.4, 0.5) is 18.9 Å². The average molecular weight is 346 g/mol. The maximum Gasteiger partial charge on any atom is 0.416 e. The zero-order valence-corrected chi connectivity index (χ0v) is 13.3.